The van der Waals surface area contributed by atoms with Gasteiger partial charge in [0.25, 0.3) is 10.0 Å². The summed E-state index contributed by atoms with van der Waals surface area (Å²) < 4.78 is 28.0. The normalized spacial score (nSPS) is 25.3. The summed E-state index contributed by atoms with van der Waals surface area (Å²) in [6.45, 7) is 5.98. The van der Waals surface area contributed by atoms with Crippen LogP contribution in [0.5, 0.6) is 0 Å². The molecule has 1 aromatic rings. The Morgan fingerprint density at radius 3 is 2.43 bits per heavy atom. The van der Waals surface area contributed by atoms with Crippen LogP contribution >= 0.6 is 0 Å². The van der Waals surface area contributed by atoms with Crippen LogP contribution in [0.1, 0.15) is 71.1 Å². The summed E-state index contributed by atoms with van der Waals surface area (Å²) in [4.78, 5) is 31.0. The van der Waals surface area contributed by atoms with Gasteiger partial charge in [0, 0.05) is 18.7 Å². The molecular formula is C26H40N4O4S. The number of unbranched alkanes of at least 4 members (excludes halogenated alkanes) is 2. The Kier molecular flexibility index (Phi) is 8.37. The number of anilines is 1. The second-order valence-electron chi connectivity index (χ2n) is 10.3. The number of carbonyl (C=O) groups is 2. The van der Waals surface area contributed by atoms with Crippen molar-refractivity contribution in [3.63, 3.8) is 0 Å². The van der Waals surface area contributed by atoms with Crippen molar-refractivity contribution in [2.45, 2.75) is 88.1 Å². The van der Waals surface area contributed by atoms with Crippen LogP contribution in [0.3, 0.4) is 0 Å². The predicted molar refractivity (Wildman–Crippen MR) is 136 cm³/mol. The van der Waals surface area contributed by atoms with Gasteiger partial charge < -0.3 is 15.5 Å². The summed E-state index contributed by atoms with van der Waals surface area (Å²) in [5.41, 5.74) is 6.19. The molecule has 1 aromatic carbocycles. The van der Waals surface area contributed by atoms with Crippen molar-refractivity contribution in [2.75, 3.05) is 31.9 Å². The Morgan fingerprint density at radius 2 is 1.74 bits per heavy atom. The van der Waals surface area contributed by atoms with E-state index in [1.807, 2.05) is 11.8 Å². The van der Waals surface area contributed by atoms with Gasteiger partial charge in [-0.05, 0) is 82.4 Å². The molecule has 0 radical (unpaired) electrons. The van der Waals surface area contributed by atoms with Crippen LogP contribution in [-0.4, -0.2) is 72.6 Å². The first-order valence-electron chi connectivity index (χ1n) is 13.3. The van der Waals surface area contributed by atoms with E-state index in [1.54, 1.807) is 0 Å². The number of sulfonamides is 1. The molecule has 0 bridgehead atoms. The molecule has 3 heterocycles. The molecule has 0 aliphatic carbocycles. The van der Waals surface area contributed by atoms with Crippen LogP contribution in [-0.2, 0) is 19.6 Å². The van der Waals surface area contributed by atoms with E-state index < -0.39 is 22.0 Å². The highest BCUT2D eigenvalue weighted by Crippen LogP contribution is 2.42. The molecule has 3 atom stereocenters. The quantitative estimate of drug-likeness (QED) is 0.388. The molecule has 4 rings (SSSR count). The maximum atomic E-state index is 13.5. The fraction of sp³-hybridized carbons (Fsp3) is 0.692. The molecule has 2 amide bonds. The van der Waals surface area contributed by atoms with E-state index in [0.717, 1.165) is 36.5 Å². The number of hydrogen-bond donors (Lipinski definition) is 1. The first-order chi connectivity index (χ1) is 16.8. The molecule has 3 aliphatic heterocycles. The number of piperidine rings is 1. The van der Waals surface area contributed by atoms with Crippen LogP contribution in [0.25, 0.3) is 0 Å². The van der Waals surface area contributed by atoms with E-state index in [4.69, 9.17) is 5.73 Å². The van der Waals surface area contributed by atoms with E-state index in [2.05, 4.69) is 4.90 Å². The third-order valence-electron chi connectivity index (χ3n) is 7.84. The molecule has 0 saturated carbocycles. The maximum Gasteiger partial charge on any atom is 0.266 e. The largest absolute Gasteiger partial charge is 0.399 e. The number of benzene rings is 1. The van der Waals surface area contributed by atoms with Gasteiger partial charge in [0.15, 0.2) is 0 Å². The number of nitrogen functional groups attached to an aromatic ring is 1. The standard InChI is InChI=1S/C26H40N4O4S/c1-2-9-22-25-23(30(26(22)32)35(33,34)21-13-11-20(27)12-14-21)15-19-29(25)24(31)10-5-3-6-16-28-17-7-4-8-18-28/h11-14,22-23,25H,2-10,15-19,27H2,1H3/t22-,23+,25-/m1/s1. The van der Waals surface area contributed by atoms with Crippen LogP contribution in [0.4, 0.5) is 5.69 Å². The zero-order valence-electron chi connectivity index (χ0n) is 20.9. The monoisotopic (exact) mass is 504 g/mol. The summed E-state index contributed by atoms with van der Waals surface area (Å²) in [5.74, 6) is -0.798. The summed E-state index contributed by atoms with van der Waals surface area (Å²) in [6, 6.07) is 5.09. The van der Waals surface area contributed by atoms with E-state index >= 15 is 0 Å². The Bertz CT molecular complexity index is 991. The van der Waals surface area contributed by atoms with Gasteiger partial charge in [0.2, 0.25) is 11.8 Å². The first-order valence-corrected chi connectivity index (χ1v) is 14.7. The average Bonchev–Trinajstić information content (AvgIpc) is 3.38. The number of likely N-dealkylation sites (tertiary alicyclic amines) is 2. The van der Waals surface area contributed by atoms with Crippen molar-refractivity contribution in [2.24, 2.45) is 5.92 Å². The van der Waals surface area contributed by atoms with E-state index in [0.29, 0.717) is 31.5 Å². The predicted octanol–water partition coefficient (Wildman–Crippen LogP) is 3.23. The molecule has 35 heavy (non-hydrogen) atoms. The number of fused-ring (bicyclic) bond motifs is 1. The van der Waals surface area contributed by atoms with E-state index in [9.17, 15) is 18.0 Å². The Balaban J connectivity index is 1.40. The lowest BCUT2D eigenvalue weighted by molar-refractivity contribution is -0.134. The van der Waals surface area contributed by atoms with Crippen molar-refractivity contribution in [1.82, 2.24) is 14.1 Å². The highest BCUT2D eigenvalue weighted by Gasteiger charge is 2.58. The molecule has 3 aliphatic rings. The van der Waals surface area contributed by atoms with Crippen molar-refractivity contribution in [3.8, 4) is 0 Å². The van der Waals surface area contributed by atoms with Crippen LogP contribution in [0.15, 0.2) is 29.2 Å². The number of hydrogen-bond acceptors (Lipinski definition) is 6. The fourth-order valence-electron chi connectivity index (χ4n) is 6.07. The third kappa shape index (κ3) is 5.50. The molecule has 0 unspecified atom stereocenters. The lowest BCUT2D eigenvalue weighted by Gasteiger charge is -2.28. The zero-order chi connectivity index (χ0) is 25.0. The first kappa shape index (κ1) is 25.9. The summed E-state index contributed by atoms with van der Waals surface area (Å²) in [6.07, 6.45) is 9.15. The number of nitrogens with zero attached hydrogens (tertiary/aromatic N) is 3. The second kappa shape index (κ2) is 11.3. The smallest absolute Gasteiger partial charge is 0.266 e. The van der Waals surface area contributed by atoms with Crippen LogP contribution < -0.4 is 5.73 Å². The van der Waals surface area contributed by atoms with E-state index in [1.165, 1.54) is 56.6 Å². The maximum absolute atomic E-state index is 13.5. The van der Waals surface area contributed by atoms with Gasteiger partial charge in [-0.2, -0.15) is 0 Å². The van der Waals surface area contributed by atoms with Crippen molar-refractivity contribution >= 4 is 27.5 Å². The Labute approximate surface area is 209 Å². The SMILES string of the molecule is CCC[C@H]1C(=O)N(S(=O)(=O)c2ccc(N)cc2)[C@H]2CCN(C(=O)CCCCCN3CCCCC3)[C@H]12. The lowest BCUT2D eigenvalue weighted by Crippen LogP contribution is -2.43. The summed E-state index contributed by atoms with van der Waals surface area (Å²) in [7, 11) is -4.01. The molecule has 3 saturated heterocycles. The van der Waals surface area contributed by atoms with Gasteiger partial charge in [-0.3, -0.25) is 9.59 Å². The molecule has 0 aromatic heterocycles. The topological polar surface area (TPSA) is 104 Å². The van der Waals surface area contributed by atoms with Gasteiger partial charge in [-0.1, -0.05) is 26.2 Å². The van der Waals surface area contributed by atoms with Crippen molar-refractivity contribution in [1.29, 1.82) is 0 Å². The van der Waals surface area contributed by atoms with Crippen molar-refractivity contribution < 1.29 is 18.0 Å². The molecule has 9 heteroatoms. The van der Waals surface area contributed by atoms with Gasteiger partial charge in [-0.15, -0.1) is 0 Å². The number of amides is 2. The highest BCUT2D eigenvalue weighted by molar-refractivity contribution is 7.89. The molecular weight excluding hydrogens is 464 g/mol. The van der Waals surface area contributed by atoms with Gasteiger partial charge in [-0.25, -0.2) is 12.7 Å². The van der Waals surface area contributed by atoms with Gasteiger partial charge in [0.05, 0.1) is 22.9 Å². The molecule has 3 fully saturated rings. The lowest BCUT2D eigenvalue weighted by atomic mass is 9.94. The second-order valence-corrected chi connectivity index (χ2v) is 12.1. The minimum absolute atomic E-state index is 0.0520. The molecule has 0 spiro atoms. The number of rotatable bonds is 10. The molecule has 8 nitrogen and oxygen atoms in total. The van der Waals surface area contributed by atoms with Crippen LogP contribution in [0.2, 0.25) is 0 Å². The number of carbonyl (C=O) groups excluding carboxylic acids is 2. The third-order valence-corrected chi connectivity index (χ3v) is 9.67. The molecule has 2 N–H and O–H groups in total. The minimum atomic E-state index is -4.01. The molecule has 194 valence electrons. The Morgan fingerprint density at radius 1 is 1.03 bits per heavy atom. The highest BCUT2D eigenvalue weighted by atomic mass is 32.2. The number of nitrogens with two attached hydrogens (primary N) is 1. The van der Waals surface area contributed by atoms with Crippen molar-refractivity contribution in [3.05, 3.63) is 24.3 Å². The van der Waals surface area contributed by atoms with Gasteiger partial charge in [0.1, 0.15) is 0 Å². The Hall–Kier alpha value is -2.13. The minimum Gasteiger partial charge on any atom is -0.399 e. The average molecular weight is 505 g/mol. The van der Waals surface area contributed by atoms with Crippen LogP contribution in [0, 0.1) is 5.92 Å². The summed E-state index contributed by atoms with van der Waals surface area (Å²) >= 11 is 0. The fourth-order valence-corrected chi connectivity index (χ4v) is 7.74. The summed E-state index contributed by atoms with van der Waals surface area (Å²) in [5, 5.41) is 0. The van der Waals surface area contributed by atoms with E-state index in [-0.39, 0.29) is 22.8 Å². The zero-order valence-corrected chi connectivity index (χ0v) is 21.7. The van der Waals surface area contributed by atoms with Gasteiger partial charge >= 0.3 is 0 Å².